The van der Waals surface area contributed by atoms with Gasteiger partial charge in [-0.05, 0) is 47.8 Å². The van der Waals surface area contributed by atoms with Crippen molar-refractivity contribution in [3.63, 3.8) is 0 Å². The fraction of sp³-hybridized carbons (Fsp3) is 0.273. The molecule has 0 fully saturated rings. The van der Waals surface area contributed by atoms with Gasteiger partial charge in [-0.15, -0.1) is 11.3 Å². The maximum atomic E-state index is 6.06. The van der Waals surface area contributed by atoms with Crippen LogP contribution in [-0.4, -0.2) is 6.54 Å². The predicted octanol–water partition coefficient (Wildman–Crippen LogP) is 3.36. The van der Waals surface area contributed by atoms with Crippen LogP contribution in [0.1, 0.15) is 11.1 Å². The first-order valence-corrected chi connectivity index (χ1v) is 5.85. The number of thiophene rings is 1. The van der Waals surface area contributed by atoms with Gasteiger partial charge in [0.15, 0.2) is 0 Å². The summed E-state index contributed by atoms with van der Waals surface area (Å²) in [7, 11) is 0. The van der Waals surface area contributed by atoms with E-state index in [9.17, 15) is 0 Å². The van der Waals surface area contributed by atoms with Crippen LogP contribution in [0.25, 0.3) is 10.1 Å². The van der Waals surface area contributed by atoms with Crippen LogP contribution in [0.5, 0.6) is 0 Å². The first-order valence-electron chi connectivity index (χ1n) is 4.59. The standard InChI is InChI=1S/C11H12ClNS/c1-7-10(12)3-2-9-8(4-5-13)6-14-11(7)9/h2-3,6H,4-5,13H2,1H3. The molecule has 2 N–H and O–H groups in total. The normalized spacial score (nSPS) is 11.1. The molecule has 0 radical (unpaired) electrons. The van der Waals surface area contributed by atoms with Gasteiger partial charge in [-0.1, -0.05) is 17.7 Å². The van der Waals surface area contributed by atoms with E-state index in [2.05, 4.69) is 18.4 Å². The third kappa shape index (κ3) is 1.54. The van der Waals surface area contributed by atoms with E-state index in [0.29, 0.717) is 6.54 Å². The Morgan fingerprint density at radius 1 is 1.43 bits per heavy atom. The molecule has 14 heavy (non-hydrogen) atoms. The molecule has 2 aromatic rings. The summed E-state index contributed by atoms with van der Waals surface area (Å²) < 4.78 is 1.29. The lowest BCUT2D eigenvalue weighted by Gasteiger charge is -2.00. The van der Waals surface area contributed by atoms with Crippen molar-refractivity contribution in [2.75, 3.05) is 6.54 Å². The first-order chi connectivity index (χ1) is 6.74. The molecule has 74 valence electrons. The van der Waals surface area contributed by atoms with Crippen LogP contribution in [0.3, 0.4) is 0 Å². The topological polar surface area (TPSA) is 26.0 Å². The van der Waals surface area contributed by atoms with E-state index in [0.717, 1.165) is 11.4 Å². The van der Waals surface area contributed by atoms with Crippen LogP contribution >= 0.6 is 22.9 Å². The zero-order valence-corrected chi connectivity index (χ0v) is 9.58. The number of hydrogen-bond donors (Lipinski definition) is 1. The molecule has 1 aromatic heterocycles. The minimum absolute atomic E-state index is 0.702. The molecule has 1 nitrogen and oxygen atoms in total. The average molecular weight is 226 g/mol. The summed E-state index contributed by atoms with van der Waals surface area (Å²) in [6, 6.07) is 4.05. The second kappa shape index (κ2) is 3.89. The summed E-state index contributed by atoms with van der Waals surface area (Å²) in [5.74, 6) is 0. The van der Waals surface area contributed by atoms with Crippen molar-refractivity contribution in [2.24, 2.45) is 5.73 Å². The molecular weight excluding hydrogens is 214 g/mol. The van der Waals surface area contributed by atoms with Crippen molar-refractivity contribution in [3.8, 4) is 0 Å². The molecule has 2 rings (SSSR count). The predicted molar refractivity (Wildman–Crippen MR) is 64.3 cm³/mol. The van der Waals surface area contributed by atoms with Gasteiger partial charge in [0, 0.05) is 9.72 Å². The number of benzene rings is 1. The summed E-state index contributed by atoms with van der Waals surface area (Å²) in [6.07, 6.45) is 0.946. The maximum absolute atomic E-state index is 6.06. The van der Waals surface area contributed by atoms with Crippen molar-refractivity contribution < 1.29 is 0 Å². The third-order valence-corrected chi connectivity index (χ3v) is 3.99. The fourth-order valence-corrected chi connectivity index (χ4v) is 2.95. The van der Waals surface area contributed by atoms with Crippen LogP contribution in [0, 0.1) is 6.92 Å². The van der Waals surface area contributed by atoms with E-state index in [4.69, 9.17) is 17.3 Å². The zero-order chi connectivity index (χ0) is 10.1. The Labute approximate surface area is 92.5 Å². The number of fused-ring (bicyclic) bond motifs is 1. The molecular formula is C11H12ClNS. The van der Waals surface area contributed by atoms with Crippen LogP contribution in [0.15, 0.2) is 17.5 Å². The Morgan fingerprint density at radius 3 is 2.93 bits per heavy atom. The van der Waals surface area contributed by atoms with Crippen molar-refractivity contribution in [2.45, 2.75) is 13.3 Å². The lowest BCUT2D eigenvalue weighted by atomic mass is 10.1. The van der Waals surface area contributed by atoms with E-state index in [1.54, 1.807) is 11.3 Å². The highest BCUT2D eigenvalue weighted by atomic mass is 35.5. The Hall–Kier alpha value is -0.570. The molecule has 1 heterocycles. The maximum Gasteiger partial charge on any atom is 0.0449 e. The van der Waals surface area contributed by atoms with Crippen LogP contribution in [0.2, 0.25) is 5.02 Å². The van der Waals surface area contributed by atoms with E-state index in [1.165, 1.54) is 21.2 Å². The average Bonchev–Trinajstić information content (AvgIpc) is 2.57. The number of aryl methyl sites for hydroxylation is 1. The van der Waals surface area contributed by atoms with Gasteiger partial charge in [0.2, 0.25) is 0 Å². The second-order valence-corrected chi connectivity index (χ2v) is 4.64. The molecule has 0 bridgehead atoms. The number of nitrogens with two attached hydrogens (primary N) is 1. The van der Waals surface area contributed by atoms with Gasteiger partial charge in [0.05, 0.1) is 0 Å². The van der Waals surface area contributed by atoms with E-state index in [-0.39, 0.29) is 0 Å². The van der Waals surface area contributed by atoms with Crippen molar-refractivity contribution in [3.05, 3.63) is 33.7 Å². The molecule has 0 unspecified atom stereocenters. The minimum Gasteiger partial charge on any atom is -0.330 e. The smallest absolute Gasteiger partial charge is 0.0449 e. The van der Waals surface area contributed by atoms with E-state index in [1.807, 2.05) is 6.07 Å². The summed E-state index contributed by atoms with van der Waals surface area (Å²) in [4.78, 5) is 0. The molecule has 0 spiro atoms. The van der Waals surface area contributed by atoms with Crippen molar-refractivity contribution >= 4 is 33.0 Å². The summed E-state index contributed by atoms with van der Waals surface area (Å²) >= 11 is 7.81. The molecule has 1 aromatic carbocycles. The van der Waals surface area contributed by atoms with E-state index >= 15 is 0 Å². The summed E-state index contributed by atoms with van der Waals surface area (Å²) in [5.41, 5.74) is 8.08. The molecule has 0 aliphatic rings. The second-order valence-electron chi connectivity index (χ2n) is 3.35. The van der Waals surface area contributed by atoms with Gasteiger partial charge in [-0.2, -0.15) is 0 Å². The number of rotatable bonds is 2. The molecule has 0 amide bonds. The van der Waals surface area contributed by atoms with Crippen LogP contribution < -0.4 is 5.73 Å². The SMILES string of the molecule is Cc1c(Cl)ccc2c(CCN)csc12. The van der Waals surface area contributed by atoms with Gasteiger partial charge < -0.3 is 5.73 Å². The molecule has 0 aliphatic heterocycles. The Morgan fingerprint density at radius 2 is 2.21 bits per heavy atom. The monoisotopic (exact) mass is 225 g/mol. The molecule has 0 saturated heterocycles. The highest BCUT2D eigenvalue weighted by Gasteiger charge is 2.07. The van der Waals surface area contributed by atoms with Crippen LogP contribution in [-0.2, 0) is 6.42 Å². The van der Waals surface area contributed by atoms with Gasteiger partial charge in [-0.3, -0.25) is 0 Å². The van der Waals surface area contributed by atoms with Crippen molar-refractivity contribution in [1.82, 2.24) is 0 Å². The highest BCUT2D eigenvalue weighted by molar-refractivity contribution is 7.17. The lowest BCUT2D eigenvalue weighted by Crippen LogP contribution is -2.01. The molecule has 0 atom stereocenters. The first kappa shape index (κ1) is 9.97. The van der Waals surface area contributed by atoms with Crippen molar-refractivity contribution in [1.29, 1.82) is 0 Å². The quantitative estimate of drug-likeness (QED) is 0.834. The van der Waals surface area contributed by atoms with Gasteiger partial charge >= 0.3 is 0 Å². The Bertz CT molecular complexity index is 462. The number of halogens is 1. The van der Waals surface area contributed by atoms with E-state index < -0.39 is 0 Å². The third-order valence-electron chi connectivity index (χ3n) is 2.42. The van der Waals surface area contributed by atoms with Gasteiger partial charge in [-0.25, -0.2) is 0 Å². The largest absolute Gasteiger partial charge is 0.330 e. The minimum atomic E-state index is 0.702. The zero-order valence-electron chi connectivity index (χ0n) is 8.01. The Kier molecular flexibility index (Phi) is 2.77. The summed E-state index contributed by atoms with van der Waals surface area (Å²) in [6.45, 7) is 2.76. The molecule has 3 heteroatoms. The number of hydrogen-bond acceptors (Lipinski definition) is 2. The Balaban J connectivity index is 2.64. The fourth-order valence-electron chi connectivity index (χ4n) is 1.62. The van der Waals surface area contributed by atoms with Gasteiger partial charge in [0.1, 0.15) is 0 Å². The summed E-state index contributed by atoms with van der Waals surface area (Å²) in [5, 5.41) is 4.34. The van der Waals surface area contributed by atoms with Gasteiger partial charge in [0.25, 0.3) is 0 Å². The van der Waals surface area contributed by atoms with Crippen LogP contribution in [0.4, 0.5) is 0 Å². The lowest BCUT2D eigenvalue weighted by molar-refractivity contribution is 0.981. The molecule has 0 aliphatic carbocycles. The molecule has 0 saturated carbocycles. The highest BCUT2D eigenvalue weighted by Crippen LogP contribution is 2.32.